The summed E-state index contributed by atoms with van der Waals surface area (Å²) >= 11 is 0. The first-order valence-electron chi connectivity index (χ1n) is 6.36. The summed E-state index contributed by atoms with van der Waals surface area (Å²) in [5.74, 6) is 1.24. The molecule has 2 N–H and O–H groups in total. The molecule has 0 saturated heterocycles. The Morgan fingerprint density at radius 1 is 0.800 bits per heavy atom. The zero-order valence-corrected chi connectivity index (χ0v) is 10.9. The third-order valence-corrected chi connectivity index (χ3v) is 2.94. The Morgan fingerprint density at radius 3 is 2.20 bits per heavy atom. The highest BCUT2D eigenvalue weighted by Gasteiger charge is 2.01. The summed E-state index contributed by atoms with van der Waals surface area (Å²) in [4.78, 5) is 4.11. The second kappa shape index (κ2) is 5.45. The molecule has 0 atom stereocenters. The van der Waals surface area contributed by atoms with Crippen LogP contribution in [-0.2, 0) is 0 Å². The van der Waals surface area contributed by atoms with E-state index in [1.807, 2.05) is 42.5 Å². The molecule has 1 aromatic heterocycles. The second-order valence-corrected chi connectivity index (χ2v) is 4.42. The maximum atomic E-state index is 5.69. The van der Waals surface area contributed by atoms with Crippen molar-refractivity contribution in [3.63, 3.8) is 0 Å². The fraction of sp³-hybridized carbons (Fsp3) is 0. The van der Waals surface area contributed by atoms with Crippen LogP contribution in [0.5, 0.6) is 11.6 Å². The fourth-order valence-corrected chi connectivity index (χ4v) is 1.95. The van der Waals surface area contributed by atoms with Gasteiger partial charge >= 0.3 is 0 Å². The highest BCUT2D eigenvalue weighted by molar-refractivity contribution is 5.64. The first-order chi connectivity index (χ1) is 9.81. The molecule has 0 radical (unpaired) electrons. The van der Waals surface area contributed by atoms with Crippen molar-refractivity contribution in [3.05, 3.63) is 72.9 Å². The summed E-state index contributed by atoms with van der Waals surface area (Å²) in [6.07, 6.45) is 1.63. The maximum absolute atomic E-state index is 5.69. The average molecular weight is 262 g/mol. The lowest BCUT2D eigenvalue weighted by Crippen LogP contribution is -1.90. The number of pyridine rings is 1. The van der Waals surface area contributed by atoms with Gasteiger partial charge in [-0.1, -0.05) is 42.5 Å². The zero-order valence-electron chi connectivity index (χ0n) is 10.9. The van der Waals surface area contributed by atoms with Crippen molar-refractivity contribution < 1.29 is 4.74 Å². The molecule has 0 fully saturated rings. The van der Waals surface area contributed by atoms with Crippen molar-refractivity contribution in [1.29, 1.82) is 0 Å². The Morgan fingerprint density at radius 2 is 1.50 bits per heavy atom. The molecule has 2 aromatic carbocycles. The zero-order chi connectivity index (χ0) is 13.8. The Bertz CT molecular complexity index is 694. The molecular weight excluding hydrogens is 248 g/mol. The van der Waals surface area contributed by atoms with Gasteiger partial charge in [0, 0.05) is 18.0 Å². The number of hydrogen-bond acceptors (Lipinski definition) is 3. The lowest BCUT2D eigenvalue weighted by molar-refractivity contribution is 0.463. The third kappa shape index (κ3) is 2.78. The van der Waals surface area contributed by atoms with Gasteiger partial charge < -0.3 is 10.5 Å². The fourth-order valence-electron chi connectivity index (χ4n) is 1.95. The predicted molar refractivity (Wildman–Crippen MR) is 80.6 cm³/mol. The molecule has 0 aliphatic heterocycles. The van der Waals surface area contributed by atoms with Crippen molar-refractivity contribution in [2.24, 2.45) is 0 Å². The molecule has 0 amide bonds. The largest absolute Gasteiger partial charge is 0.439 e. The summed E-state index contributed by atoms with van der Waals surface area (Å²) in [6.45, 7) is 0. The van der Waals surface area contributed by atoms with Crippen LogP contribution in [-0.4, -0.2) is 4.98 Å². The molecule has 20 heavy (non-hydrogen) atoms. The van der Waals surface area contributed by atoms with Gasteiger partial charge in [-0.3, -0.25) is 0 Å². The van der Waals surface area contributed by atoms with Gasteiger partial charge in [0.05, 0.1) is 0 Å². The molecule has 3 nitrogen and oxygen atoms in total. The van der Waals surface area contributed by atoms with Crippen LogP contribution in [0.15, 0.2) is 72.9 Å². The van der Waals surface area contributed by atoms with E-state index in [2.05, 4.69) is 17.1 Å². The minimum absolute atomic E-state index is 0.498. The molecule has 0 bridgehead atoms. The lowest BCUT2D eigenvalue weighted by atomic mass is 10.1. The van der Waals surface area contributed by atoms with Crippen LogP contribution in [0.25, 0.3) is 11.1 Å². The van der Waals surface area contributed by atoms with Gasteiger partial charge in [0.1, 0.15) is 5.75 Å². The number of nitrogens with two attached hydrogens (primary N) is 1. The average Bonchev–Trinajstić information content (AvgIpc) is 2.49. The number of rotatable bonds is 3. The topological polar surface area (TPSA) is 48.1 Å². The van der Waals surface area contributed by atoms with Gasteiger partial charge in [-0.2, -0.15) is 0 Å². The molecule has 0 aliphatic rings. The Kier molecular flexibility index (Phi) is 3.33. The first-order valence-corrected chi connectivity index (χ1v) is 6.36. The molecule has 0 spiro atoms. The van der Waals surface area contributed by atoms with E-state index in [4.69, 9.17) is 10.5 Å². The van der Waals surface area contributed by atoms with Gasteiger partial charge in [-0.25, -0.2) is 4.98 Å². The third-order valence-electron chi connectivity index (χ3n) is 2.94. The van der Waals surface area contributed by atoms with Crippen LogP contribution in [0.4, 0.5) is 5.69 Å². The quantitative estimate of drug-likeness (QED) is 0.772. The van der Waals surface area contributed by atoms with Crippen molar-refractivity contribution in [3.8, 4) is 22.8 Å². The smallest absolute Gasteiger partial charge is 0.221 e. The second-order valence-electron chi connectivity index (χ2n) is 4.42. The van der Waals surface area contributed by atoms with Crippen molar-refractivity contribution in [2.75, 3.05) is 5.73 Å². The van der Waals surface area contributed by atoms with Crippen LogP contribution in [0.1, 0.15) is 0 Å². The van der Waals surface area contributed by atoms with Crippen LogP contribution in [0.3, 0.4) is 0 Å². The molecule has 3 heteroatoms. The molecular formula is C17H14N2O. The number of benzene rings is 2. The first kappa shape index (κ1) is 12.2. The minimum Gasteiger partial charge on any atom is -0.439 e. The molecule has 0 unspecified atom stereocenters. The van der Waals surface area contributed by atoms with E-state index in [1.54, 1.807) is 18.3 Å². The van der Waals surface area contributed by atoms with Gasteiger partial charge in [-0.05, 0) is 29.3 Å². The van der Waals surface area contributed by atoms with Crippen LogP contribution in [0.2, 0.25) is 0 Å². The van der Waals surface area contributed by atoms with Crippen molar-refractivity contribution in [1.82, 2.24) is 4.98 Å². The van der Waals surface area contributed by atoms with E-state index < -0.39 is 0 Å². The van der Waals surface area contributed by atoms with E-state index in [9.17, 15) is 0 Å². The Balaban J connectivity index is 1.80. The summed E-state index contributed by atoms with van der Waals surface area (Å²) in [7, 11) is 0. The minimum atomic E-state index is 0.498. The molecule has 3 aromatic rings. The standard InChI is InChI=1S/C17H14N2O/c18-15-10-11-19-17(12-15)20-16-8-6-14(7-9-16)13-4-2-1-3-5-13/h1-12H,(H2,18,19). The van der Waals surface area contributed by atoms with E-state index in [-0.39, 0.29) is 0 Å². The molecule has 1 heterocycles. The van der Waals surface area contributed by atoms with Crippen molar-refractivity contribution >= 4 is 5.69 Å². The summed E-state index contributed by atoms with van der Waals surface area (Å²) in [5, 5.41) is 0. The molecule has 0 aliphatic carbocycles. The molecule has 0 saturated carbocycles. The van der Waals surface area contributed by atoms with Gasteiger partial charge in [-0.15, -0.1) is 0 Å². The monoisotopic (exact) mass is 262 g/mol. The number of ether oxygens (including phenoxy) is 1. The summed E-state index contributed by atoms with van der Waals surface area (Å²) in [5.41, 5.74) is 8.66. The molecule has 3 rings (SSSR count). The number of hydrogen-bond donors (Lipinski definition) is 1. The number of nitrogen functional groups attached to an aromatic ring is 1. The normalized spacial score (nSPS) is 10.2. The maximum Gasteiger partial charge on any atom is 0.221 e. The summed E-state index contributed by atoms with van der Waals surface area (Å²) in [6, 6.07) is 21.5. The number of anilines is 1. The Hall–Kier alpha value is -2.81. The Labute approximate surface area is 117 Å². The number of nitrogens with zero attached hydrogens (tertiary/aromatic N) is 1. The highest BCUT2D eigenvalue weighted by atomic mass is 16.5. The van der Waals surface area contributed by atoms with Crippen LogP contribution >= 0.6 is 0 Å². The number of aromatic nitrogens is 1. The van der Waals surface area contributed by atoms with E-state index >= 15 is 0 Å². The van der Waals surface area contributed by atoms with Gasteiger partial charge in [0.2, 0.25) is 5.88 Å². The van der Waals surface area contributed by atoms with E-state index in [1.165, 1.54) is 5.56 Å². The SMILES string of the molecule is Nc1ccnc(Oc2ccc(-c3ccccc3)cc2)c1. The van der Waals surface area contributed by atoms with Crippen molar-refractivity contribution in [2.45, 2.75) is 0 Å². The molecule has 98 valence electrons. The van der Waals surface area contributed by atoms with Gasteiger partial charge in [0.15, 0.2) is 0 Å². The van der Waals surface area contributed by atoms with Crippen LogP contribution < -0.4 is 10.5 Å². The lowest BCUT2D eigenvalue weighted by Gasteiger charge is -2.06. The van der Waals surface area contributed by atoms with E-state index in [0.717, 1.165) is 11.3 Å². The van der Waals surface area contributed by atoms with Gasteiger partial charge in [0.25, 0.3) is 0 Å². The van der Waals surface area contributed by atoms with E-state index in [0.29, 0.717) is 11.6 Å². The highest BCUT2D eigenvalue weighted by Crippen LogP contribution is 2.25. The van der Waals surface area contributed by atoms with Crippen LogP contribution in [0, 0.1) is 0 Å². The predicted octanol–water partition coefficient (Wildman–Crippen LogP) is 4.12. The summed E-state index contributed by atoms with van der Waals surface area (Å²) < 4.78 is 5.66.